The molecule has 0 aromatic heterocycles. The standard InChI is InChI=1S/C17H8Br2F6/c18-11-5-1-3-9(7-11)13-14(10-4-2-6-12(19)8-10)16(22,23)17(24,25)15(13,20)21/h1-8H. The van der Waals surface area contributed by atoms with Gasteiger partial charge in [0.25, 0.3) is 0 Å². The monoisotopic (exact) mass is 484 g/mol. The summed E-state index contributed by atoms with van der Waals surface area (Å²) in [6, 6.07) is 10.0. The molecule has 1 aliphatic carbocycles. The van der Waals surface area contributed by atoms with Crippen LogP contribution in [0.5, 0.6) is 0 Å². The SMILES string of the molecule is FC1(F)C(c2cccc(Br)c2)=C(c2cccc(Br)c2)C(F)(F)C1(F)F. The van der Waals surface area contributed by atoms with E-state index in [4.69, 9.17) is 0 Å². The summed E-state index contributed by atoms with van der Waals surface area (Å²) in [6.45, 7) is 0. The van der Waals surface area contributed by atoms with Crippen molar-refractivity contribution in [2.24, 2.45) is 0 Å². The minimum absolute atomic E-state index is 0.306. The van der Waals surface area contributed by atoms with Crippen LogP contribution >= 0.6 is 31.9 Å². The first kappa shape index (κ1) is 18.5. The van der Waals surface area contributed by atoms with Gasteiger partial charge in [0.05, 0.1) is 0 Å². The van der Waals surface area contributed by atoms with Crippen molar-refractivity contribution in [2.75, 3.05) is 0 Å². The molecule has 2 aromatic carbocycles. The molecule has 0 fully saturated rings. The van der Waals surface area contributed by atoms with Crippen molar-refractivity contribution in [3.63, 3.8) is 0 Å². The van der Waals surface area contributed by atoms with Crippen LogP contribution in [0.15, 0.2) is 57.5 Å². The van der Waals surface area contributed by atoms with E-state index < -0.39 is 40.0 Å². The fourth-order valence-corrected chi connectivity index (χ4v) is 3.56. The second-order valence-electron chi connectivity index (χ2n) is 5.49. The van der Waals surface area contributed by atoms with E-state index in [2.05, 4.69) is 31.9 Å². The molecule has 0 nitrogen and oxygen atoms in total. The van der Waals surface area contributed by atoms with Gasteiger partial charge in [0.15, 0.2) is 0 Å². The third-order valence-electron chi connectivity index (χ3n) is 3.89. The van der Waals surface area contributed by atoms with Gasteiger partial charge < -0.3 is 0 Å². The lowest BCUT2D eigenvalue weighted by molar-refractivity contribution is -0.254. The average Bonchev–Trinajstić information content (AvgIpc) is 2.61. The van der Waals surface area contributed by atoms with Crippen LogP contribution in [-0.2, 0) is 0 Å². The van der Waals surface area contributed by atoms with Crippen LogP contribution in [0.4, 0.5) is 26.3 Å². The molecule has 3 rings (SSSR count). The molecule has 0 aliphatic heterocycles. The van der Waals surface area contributed by atoms with Crippen molar-refractivity contribution >= 4 is 43.0 Å². The number of allylic oxidation sites excluding steroid dienone is 2. The molecule has 0 spiro atoms. The van der Waals surface area contributed by atoms with Gasteiger partial charge in [-0.25, -0.2) is 0 Å². The minimum Gasteiger partial charge on any atom is -0.194 e. The van der Waals surface area contributed by atoms with Crippen LogP contribution in [0, 0.1) is 0 Å². The fourth-order valence-electron chi connectivity index (χ4n) is 2.76. The Morgan fingerprint density at radius 1 is 0.600 bits per heavy atom. The van der Waals surface area contributed by atoms with Gasteiger partial charge in [-0.05, 0) is 35.4 Å². The summed E-state index contributed by atoms with van der Waals surface area (Å²) >= 11 is 6.08. The highest BCUT2D eigenvalue weighted by atomic mass is 79.9. The van der Waals surface area contributed by atoms with E-state index in [-0.39, 0.29) is 0 Å². The highest BCUT2D eigenvalue weighted by Gasteiger charge is 2.80. The Morgan fingerprint density at radius 2 is 0.960 bits per heavy atom. The van der Waals surface area contributed by atoms with Crippen molar-refractivity contribution in [2.45, 2.75) is 17.8 Å². The molecule has 0 saturated carbocycles. The zero-order valence-electron chi connectivity index (χ0n) is 12.1. The molecule has 2 aromatic rings. The summed E-state index contributed by atoms with van der Waals surface area (Å²) < 4.78 is 86.3. The molecule has 0 saturated heterocycles. The van der Waals surface area contributed by atoms with E-state index in [0.717, 1.165) is 24.3 Å². The zero-order chi connectivity index (χ0) is 18.6. The first-order valence-corrected chi connectivity index (χ1v) is 8.49. The normalized spacial score (nSPS) is 20.8. The first-order chi connectivity index (χ1) is 11.5. The van der Waals surface area contributed by atoms with Crippen LogP contribution in [-0.4, -0.2) is 17.8 Å². The van der Waals surface area contributed by atoms with Gasteiger partial charge in [0.2, 0.25) is 0 Å². The second kappa shape index (κ2) is 5.87. The van der Waals surface area contributed by atoms with E-state index in [1.165, 1.54) is 24.3 Å². The van der Waals surface area contributed by atoms with Gasteiger partial charge in [0, 0.05) is 20.1 Å². The van der Waals surface area contributed by atoms with E-state index in [1.54, 1.807) is 0 Å². The third-order valence-corrected chi connectivity index (χ3v) is 4.88. The smallest absolute Gasteiger partial charge is 0.194 e. The lowest BCUT2D eigenvalue weighted by Crippen LogP contribution is -2.48. The summed E-state index contributed by atoms with van der Waals surface area (Å²) in [7, 11) is 0. The largest absolute Gasteiger partial charge is 0.380 e. The summed E-state index contributed by atoms with van der Waals surface area (Å²) in [5.41, 5.74) is -3.54. The van der Waals surface area contributed by atoms with E-state index in [0.29, 0.717) is 8.95 Å². The van der Waals surface area contributed by atoms with Gasteiger partial charge in [-0.15, -0.1) is 0 Å². The lowest BCUT2D eigenvalue weighted by Gasteiger charge is -2.25. The van der Waals surface area contributed by atoms with E-state index >= 15 is 0 Å². The Hall–Kier alpha value is -1.28. The zero-order valence-corrected chi connectivity index (χ0v) is 15.3. The van der Waals surface area contributed by atoms with Crippen molar-refractivity contribution in [1.82, 2.24) is 0 Å². The molecule has 0 atom stereocenters. The van der Waals surface area contributed by atoms with Crippen LogP contribution < -0.4 is 0 Å². The molecule has 25 heavy (non-hydrogen) atoms. The highest BCUT2D eigenvalue weighted by Crippen LogP contribution is 2.64. The van der Waals surface area contributed by atoms with Gasteiger partial charge in [-0.3, -0.25) is 0 Å². The molecule has 0 heterocycles. The van der Waals surface area contributed by atoms with Crippen molar-refractivity contribution in [3.8, 4) is 0 Å². The summed E-state index contributed by atoms with van der Waals surface area (Å²) in [4.78, 5) is 0. The first-order valence-electron chi connectivity index (χ1n) is 6.90. The predicted molar refractivity (Wildman–Crippen MR) is 89.9 cm³/mol. The maximum absolute atomic E-state index is 14.4. The summed E-state index contributed by atoms with van der Waals surface area (Å²) in [5.74, 6) is -15.6. The van der Waals surface area contributed by atoms with E-state index in [9.17, 15) is 26.3 Å². The Balaban J connectivity index is 2.41. The number of hydrogen-bond donors (Lipinski definition) is 0. The van der Waals surface area contributed by atoms with Crippen molar-refractivity contribution < 1.29 is 26.3 Å². The van der Waals surface area contributed by atoms with Crippen molar-refractivity contribution in [1.29, 1.82) is 0 Å². The summed E-state index contributed by atoms with van der Waals surface area (Å²) in [6.07, 6.45) is 0. The highest BCUT2D eigenvalue weighted by molar-refractivity contribution is 9.10. The Morgan fingerprint density at radius 3 is 1.28 bits per heavy atom. The predicted octanol–water partition coefficient (Wildman–Crippen LogP) is 7.04. The number of rotatable bonds is 2. The second-order valence-corrected chi connectivity index (χ2v) is 7.33. The quantitative estimate of drug-likeness (QED) is 0.400. The molecule has 8 heteroatoms. The van der Waals surface area contributed by atoms with Gasteiger partial charge in [-0.2, -0.15) is 26.3 Å². The minimum atomic E-state index is -5.55. The summed E-state index contributed by atoms with van der Waals surface area (Å²) in [5, 5.41) is 0. The van der Waals surface area contributed by atoms with E-state index in [1.807, 2.05) is 0 Å². The molecule has 0 amide bonds. The Bertz CT molecular complexity index is 803. The third kappa shape index (κ3) is 2.65. The van der Waals surface area contributed by atoms with Crippen LogP contribution in [0.25, 0.3) is 11.1 Å². The molecule has 132 valence electrons. The Labute approximate surface area is 155 Å². The number of alkyl halides is 6. The molecule has 0 unspecified atom stereocenters. The number of benzene rings is 2. The number of hydrogen-bond acceptors (Lipinski definition) is 0. The van der Waals surface area contributed by atoms with Gasteiger partial charge >= 0.3 is 17.8 Å². The fraction of sp³-hybridized carbons (Fsp3) is 0.176. The molecule has 0 N–H and O–H groups in total. The van der Waals surface area contributed by atoms with Gasteiger partial charge in [-0.1, -0.05) is 56.1 Å². The van der Waals surface area contributed by atoms with Crippen molar-refractivity contribution in [3.05, 3.63) is 68.6 Å². The van der Waals surface area contributed by atoms with Crippen LogP contribution in [0.2, 0.25) is 0 Å². The molecular weight excluding hydrogens is 478 g/mol. The number of halogens is 8. The average molecular weight is 486 g/mol. The molecular formula is C17H8Br2F6. The topological polar surface area (TPSA) is 0 Å². The van der Waals surface area contributed by atoms with Gasteiger partial charge in [0.1, 0.15) is 0 Å². The molecule has 1 aliphatic rings. The molecule has 0 bridgehead atoms. The van der Waals surface area contributed by atoms with Crippen LogP contribution in [0.3, 0.4) is 0 Å². The maximum Gasteiger partial charge on any atom is 0.380 e. The Kier molecular flexibility index (Phi) is 4.35. The lowest BCUT2D eigenvalue weighted by atomic mass is 9.95. The maximum atomic E-state index is 14.4. The molecule has 0 radical (unpaired) electrons. The van der Waals surface area contributed by atoms with Crippen LogP contribution in [0.1, 0.15) is 11.1 Å².